The highest BCUT2D eigenvalue weighted by molar-refractivity contribution is 7.55. The molecule has 0 heterocycles. The van der Waals surface area contributed by atoms with E-state index in [0.717, 1.165) is 5.92 Å². The van der Waals surface area contributed by atoms with Gasteiger partial charge in [0.1, 0.15) is 7.00 Å². The van der Waals surface area contributed by atoms with Crippen LogP contribution in [0.2, 0.25) is 6.32 Å². The Morgan fingerprint density at radius 3 is 2.50 bits per heavy atom. The van der Waals surface area contributed by atoms with Crippen molar-refractivity contribution in [1.29, 1.82) is 0 Å². The lowest BCUT2D eigenvalue weighted by Gasteiger charge is -2.02. The van der Waals surface area contributed by atoms with Crippen LogP contribution in [0.4, 0.5) is 0 Å². The van der Waals surface area contributed by atoms with Crippen LogP contribution in [0.25, 0.3) is 0 Å². The molecule has 0 spiro atoms. The molecule has 0 N–H and O–H groups in total. The molecule has 0 amide bonds. The van der Waals surface area contributed by atoms with Crippen molar-refractivity contribution >= 4 is 16.1 Å². The second-order valence-electron chi connectivity index (χ2n) is 2.62. The van der Waals surface area contributed by atoms with Crippen molar-refractivity contribution in [3.05, 3.63) is 0 Å². The largest absolute Gasteiger partial charge is 0.178 e. The highest BCUT2D eigenvalue weighted by atomic mass is 31.0. The van der Waals surface area contributed by atoms with E-state index in [9.17, 15) is 0 Å². The van der Waals surface area contributed by atoms with Gasteiger partial charge in [-0.25, -0.2) is 0 Å². The molecule has 2 heteroatoms. The predicted octanol–water partition coefficient (Wildman–Crippen LogP) is 2.09. The van der Waals surface area contributed by atoms with Crippen LogP contribution in [0.3, 0.4) is 0 Å². The summed E-state index contributed by atoms with van der Waals surface area (Å²) in [6.45, 7) is 2.22. The summed E-state index contributed by atoms with van der Waals surface area (Å²) in [5.41, 5.74) is 0. The molecule has 0 aromatic heterocycles. The van der Waals surface area contributed by atoms with Gasteiger partial charge in [0.05, 0.1) is 0 Å². The maximum absolute atomic E-state index is 2.68. The lowest BCUT2D eigenvalue weighted by Crippen LogP contribution is -1.92. The lowest BCUT2D eigenvalue weighted by molar-refractivity contribution is 0.611. The Kier molecular flexibility index (Phi) is 2.90. The fourth-order valence-electron chi connectivity index (χ4n) is 1.44. The summed E-state index contributed by atoms with van der Waals surface area (Å²) >= 11 is 0. The van der Waals surface area contributed by atoms with Gasteiger partial charge in [-0.15, -0.1) is 0 Å². The lowest BCUT2D eigenvalue weighted by atomic mass is 9.89. The summed E-state index contributed by atoms with van der Waals surface area (Å²) in [7, 11) is 2.68. The molecule has 0 aromatic rings. The molecule has 0 nitrogen and oxygen atoms in total. The Hall–Kier alpha value is 0.495. The van der Waals surface area contributed by atoms with Crippen LogP contribution in [-0.4, -0.2) is 7.00 Å². The van der Waals surface area contributed by atoms with Crippen LogP contribution in [0.15, 0.2) is 0 Å². The second-order valence-corrected chi connectivity index (χ2v) is 3.09. The Labute approximate surface area is 54.8 Å². The molecule has 8 heavy (non-hydrogen) atoms. The molecule has 1 fully saturated rings. The van der Waals surface area contributed by atoms with Crippen LogP contribution >= 0.6 is 9.12 Å². The van der Waals surface area contributed by atoms with E-state index in [1.807, 2.05) is 0 Å². The van der Waals surface area contributed by atoms with E-state index in [4.69, 9.17) is 0 Å². The second kappa shape index (κ2) is 3.51. The average molecular weight is 127 g/mol. The van der Waals surface area contributed by atoms with Gasteiger partial charge in [-0.05, 0) is 5.92 Å². The summed E-state index contributed by atoms with van der Waals surface area (Å²) in [5, 5.41) is 0. The van der Waals surface area contributed by atoms with Gasteiger partial charge in [-0.2, -0.15) is 9.12 Å². The van der Waals surface area contributed by atoms with Gasteiger partial charge in [0.2, 0.25) is 0 Å². The van der Waals surface area contributed by atoms with Crippen molar-refractivity contribution in [1.82, 2.24) is 0 Å². The van der Waals surface area contributed by atoms with Crippen molar-refractivity contribution in [2.45, 2.75) is 32.0 Å². The van der Waals surface area contributed by atoms with E-state index in [2.05, 4.69) is 16.1 Å². The molecule has 1 unspecified atom stereocenters. The van der Waals surface area contributed by atoms with Crippen LogP contribution in [0.5, 0.6) is 0 Å². The zero-order valence-corrected chi connectivity index (χ0v) is 6.42. The normalized spacial score (nSPS) is 21.6. The van der Waals surface area contributed by atoms with Gasteiger partial charge < -0.3 is 0 Å². The molecule has 1 aliphatic rings. The first-order valence-corrected chi connectivity index (χ1v) is 4.13. The van der Waals surface area contributed by atoms with Crippen LogP contribution < -0.4 is 0 Å². The molecule has 1 saturated carbocycles. The summed E-state index contributed by atoms with van der Waals surface area (Å²) in [4.78, 5) is 0. The predicted molar refractivity (Wildman–Crippen MR) is 42.2 cm³/mol. The van der Waals surface area contributed by atoms with E-state index >= 15 is 0 Å². The summed E-state index contributed by atoms with van der Waals surface area (Å²) in [5.74, 6) is 1.03. The Morgan fingerprint density at radius 2 is 2.00 bits per heavy atom. The molecule has 0 aromatic carbocycles. The third-order valence-electron chi connectivity index (χ3n) is 1.94. The third kappa shape index (κ3) is 1.78. The Bertz CT molecular complexity index is 59.5. The van der Waals surface area contributed by atoms with E-state index in [1.165, 1.54) is 32.0 Å². The number of rotatable bonds is 2. The monoisotopic (exact) mass is 127 g/mol. The van der Waals surface area contributed by atoms with E-state index in [0.29, 0.717) is 0 Å². The van der Waals surface area contributed by atoms with Gasteiger partial charge in [0.25, 0.3) is 0 Å². The summed E-state index contributed by atoms with van der Waals surface area (Å²) in [6.07, 6.45) is 7.23. The minimum atomic E-state index is 1.03. The van der Waals surface area contributed by atoms with E-state index in [-0.39, 0.29) is 0 Å². The molecular formula is C6H13BP. The zero-order chi connectivity index (χ0) is 5.82. The molecule has 1 radical (unpaired) electrons. The Morgan fingerprint density at radius 1 is 1.38 bits per heavy atom. The highest BCUT2D eigenvalue weighted by Gasteiger charge is 2.12. The Balaban J connectivity index is 2.06. The fraction of sp³-hybridized carbons (Fsp3) is 1.00. The quantitative estimate of drug-likeness (QED) is 0.393. The topological polar surface area (TPSA) is 0 Å². The molecule has 1 atom stereocenters. The van der Waals surface area contributed by atoms with E-state index in [1.54, 1.807) is 0 Å². The number of hydrogen-bond donors (Lipinski definition) is 0. The zero-order valence-electron chi connectivity index (χ0n) is 5.27. The molecule has 0 saturated heterocycles. The maximum atomic E-state index is 2.68. The fourth-order valence-corrected chi connectivity index (χ4v) is 1.82. The maximum Gasteiger partial charge on any atom is 0.138 e. The average Bonchev–Trinajstić information content (AvgIpc) is 2.19. The van der Waals surface area contributed by atoms with Gasteiger partial charge in [-0.3, -0.25) is 0 Å². The smallest absolute Gasteiger partial charge is 0.138 e. The van der Waals surface area contributed by atoms with Crippen LogP contribution in [0, 0.1) is 5.92 Å². The summed E-state index contributed by atoms with van der Waals surface area (Å²) < 4.78 is 0. The SMILES string of the molecule is P[B]CC1CCCC1. The van der Waals surface area contributed by atoms with Gasteiger partial charge in [0.15, 0.2) is 0 Å². The highest BCUT2D eigenvalue weighted by Crippen LogP contribution is 2.27. The van der Waals surface area contributed by atoms with Crippen molar-refractivity contribution in [2.24, 2.45) is 5.92 Å². The van der Waals surface area contributed by atoms with Gasteiger partial charge in [0, 0.05) is 0 Å². The molecule has 0 bridgehead atoms. The van der Waals surface area contributed by atoms with Gasteiger partial charge in [-0.1, -0.05) is 32.0 Å². The minimum Gasteiger partial charge on any atom is -0.178 e. The van der Waals surface area contributed by atoms with Crippen molar-refractivity contribution in [3.63, 3.8) is 0 Å². The van der Waals surface area contributed by atoms with Crippen LogP contribution in [-0.2, 0) is 0 Å². The molecule has 1 aliphatic carbocycles. The first kappa shape index (κ1) is 6.61. The molecule has 0 aliphatic heterocycles. The molecular weight excluding hydrogens is 114 g/mol. The first-order chi connectivity index (χ1) is 3.93. The third-order valence-corrected chi connectivity index (χ3v) is 2.22. The number of hydrogen-bond acceptors (Lipinski definition) is 0. The molecule has 1 rings (SSSR count). The first-order valence-electron chi connectivity index (χ1n) is 3.47. The summed E-state index contributed by atoms with van der Waals surface area (Å²) in [6, 6.07) is 0. The standard InChI is InChI=1S/C6H13BP/c8-7-5-6-3-1-2-4-6/h6H,1-5,8H2. The molecule has 45 valence electrons. The van der Waals surface area contributed by atoms with Crippen molar-refractivity contribution in [2.75, 3.05) is 0 Å². The van der Waals surface area contributed by atoms with Crippen molar-refractivity contribution < 1.29 is 0 Å². The minimum absolute atomic E-state index is 1.03. The van der Waals surface area contributed by atoms with Crippen LogP contribution in [0.1, 0.15) is 25.7 Å². The van der Waals surface area contributed by atoms with Crippen molar-refractivity contribution in [3.8, 4) is 0 Å². The van der Waals surface area contributed by atoms with E-state index < -0.39 is 0 Å². The van der Waals surface area contributed by atoms with Gasteiger partial charge >= 0.3 is 0 Å².